The highest BCUT2D eigenvalue weighted by Crippen LogP contribution is 2.27. The highest BCUT2D eigenvalue weighted by Gasteiger charge is 2.20. The van der Waals surface area contributed by atoms with Crippen molar-refractivity contribution in [3.8, 4) is 5.75 Å². The highest BCUT2D eigenvalue weighted by molar-refractivity contribution is 8.00. The van der Waals surface area contributed by atoms with Crippen LogP contribution in [0.25, 0.3) is 0 Å². The molecule has 3 nitrogen and oxygen atoms in total. The molecule has 0 unspecified atom stereocenters. The lowest BCUT2D eigenvalue weighted by molar-refractivity contribution is -0.137. The molecule has 2 rings (SSSR count). The monoisotopic (exact) mass is 252 g/mol. The van der Waals surface area contributed by atoms with Gasteiger partial charge in [0.05, 0.1) is 0 Å². The zero-order chi connectivity index (χ0) is 12.1. The molecular formula is C13H16O3S. The number of benzene rings is 1. The second kappa shape index (κ2) is 5.96. The van der Waals surface area contributed by atoms with Gasteiger partial charge in [-0.1, -0.05) is 18.2 Å². The molecule has 92 valence electrons. The number of carbonyl (C=O) groups is 1. The number of carboxylic acid groups (broad SMARTS) is 1. The van der Waals surface area contributed by atoms with Crippen molar-refractivity contribution in [1.29, 1.82) is 0 Å². The fourth-order valence-corrected chi connectivity index (χ4v) is 2.28. The molecule has 0 atom stereocenters. The molecule has 0 aliphatic carbocycles. The topological polar surface area (TPSA) is 46.5 Å². The van der Waals surface area contributed by atoms with E-state index in [9.17, 15) is 4.79 Å². The van der Waals surface area contributed by atoms with Crippen LogP contribution in [0.1, 0.15) is 18.4 Å². The lowest BCUT2D eigenvalue weighted by atomic mass is 10.1. The van der Waals surface area contributed by atoms with Crippen LogP contribution in [0, 0.1) is 0 Å². The summed E-state index contributed by atoms with van der Waals surface area (Å²) in [5, 5.41) is 8.62. The first-order valence-corrected chi connectivity index (χ1v) is 6.95. The van der Waals surface area contributed by atoms with Gasteiger partial charge >= 0.3 is 5.97 Å². The first-order chi connectivity index (χ1) is 8.25. The van der Waals surface area contributed by atoms with Crippen LogP contribution in [0.4, 0.5) is 0 Å². The summed E-state index contributed by atoms with van der Waals surface area (Å²) in [7, 11) is 0. The Kier molecular flexibility index (Phi) is 4.31. The zero-order valence-corrected chi connectivity index (χ0v) is 10.4. The fourth-order valence-electron chi connectivity index (χ4n) is 1.72. The standard InChI is InChI=1S/C13H16O3S/c14-13(15)7-3-5-10-4-1-2-6-12(10)16-11-8-17-9-11/h1-2,4,6,11H,3,5,7-9H2,(H,14,15). The predicted octanol–water partition coefficient (Wildman–Crippen LogP) is 2.59. The number of thioether (sulfide) groups is 1. The van der Waals surface area contributed by atoms with Crippen LogP contribution in [0.3, 0.4) is 0 Å². The molecule has 0 saturated carbocycles. The molecule has 1 fully saturated rings. The van der Waals surface area contributed by atoms with Gasteiger partial charge in [0.1, 0.15) is 11.9 Å². The lowest BCUT2D eigenvalue weighted by Gasteiger charge is -2.27. The van der Waals surface area contributed by atoms with Crippen molar-refractivity contribution < 1.29 is 14.6 Å². The number of hydrogen-bond acceptors (Lipinski definition) is 3. The summed E-state index contributed by atoms with van der Waals surface area (Å²) in [6.07, 6.45) is 1.98. The Morgan fingerprint density at radius 2 is 2.18 bits per heavy atom. The average molecular weight is 252 g/mol. The summed E-state index contributed by atoms with van der Waals surface area (Å²) >= 11 is 1.89. The minimum absolute atomic E-state index is 0.216. The zero-order valence-electron chi connectivity index (χ0n) is 9.59. The van der Waals surface area contributed by atoms with Gasteiger partial charge in [0, 0.05) is 17.9 Å². The van der Waals surface area contributed by atoms with Crippen molar-refractivity contribution in [2.24, 2.45) is 0 Å². The maximum atomic E-state index is 10.5. The Balaban J connectivity index is 1.92. The second-order valence-corrected chi connectivity index (χ2v) is 5.21. The van der Waals surface area contributed by atoms with E-state index in [1.54, 1.807) is 0 Å². The van der Waals surface area contributed by atoms with Gasteiger partial charge in [-0.2, -0.15) is 11.8 Å². The number of rotatable bonds is 6. The molecule has 0 spiro atoms. The minimum Gasteiger partial charge on any atom is -0.488 e. The molecule has 1 aliphatic rings. The van der Waals surface area contributed by atoms with Gasteiger partial charge in [-0.05, 0) is 24.5 Å². The molecule has 1 saturated heterocycles. The van der Waals surface area contributed by atoms with E-state index in [1.807, 2.05) is 36.0 Å². The van der Waals surface area contributed by atoms with E-state index in [0.717, 1.165) is 29.2 Å². The Morgan fingerprint density at radius 3 is 2.82 bits per heavy atom. The van der Waals surface area contributed by atoms with E-state index >= 15 is 0 Å². The predicted molar refractivity (Wildman–Crippen MR) is 68.8 cm³/mol. The van der Waals surface area contributed by atoms with Crippen molar-refractivity contribution in [2.45, 2.75) is 25.4 Å². The third-order valence-corrected chi connectivity index (χ3v) is 3.93. The van der Waals surface area contributed by atoms with Crippen LogP contribution in [-0.4, -0.2) is 28.7 Å². The molecular weight excluding hydrogens is 236 g/mol. The number of aliphatic carboxylic acids is 1. The molecule has 1 aliphatic heterocycles. The third-order valence-electron chi connectivity index (χ3n) is 2.71. The smallest absolute Gasteiger partial charge is 0.303 e. The van der Waals surface area contributed by atoms with Crippen LogP contribution >= 0.6 is 11.8 Å². The largest absolute Gasteiger partial charge is 0.488 e. The van der Waals surface area contributed by atoms with Gasteiger partial charge in [0.15, 0.2) is 0 Å². The third kappa shape index (κ3) is 3.66. The SMILES string of the molecule is O=C(O)CCCc1ccccc1OC1CSC1. The van der Waals surface area contributed by atoms with Crippen molar-refractivity contribution in [3.05, 3.63) is 29.8 Å². The normalized spacial score (nSPS) is 15.3. The van der Waals surface area contributed by atoms with Crippen LogP contribution in [0.2, 0.25) is 0 Å². The van der Waals surface area contributed by atoms with E-state index in [-0.39, 0.29) is 6.42 Å². The number of aryl methyl sites for hydroxylation is 1. The van der Waals surface area contributed by atoms with Crippen molar-refractivity contribution in [1.82, 2.24) is 0 Å². The second-order valence-electron chi connectivity index (χ2n) is 4.13. The van der Waals surface area contributed by atoms with E-state index in [2.05, 4.69) is 0 Å². The Bertz CT molecular complexity index is 388. The maximum Gasteiger partial charge on any atom is 0.303 e. The molecule has 1 aromatic rings. The summed E-state index contributed by atoms with van der Waals surface area (Å²) in [6.45, 7) is 0. The summed E-state index contributed by atoms with van der Waals surface area (Å²) in [5.41, 5.74) is 1.12. The molecule has 4 heteroatoms. The molecule has 1 heterocycles. The highest BCUT2D eigenvalue weighted by atomic mass is 32.2. The number of ether oxygens (including phenoxy) is 1. The van der Waals surface area contributed by atoms with E-state index in [1.165, 1.54) is 0 Å². The first-order valence-electron chi connectivity index (χ1n) is 5.80. The molecule has 0 aromatic heterocycles. The van der Waals surface area contributed by atoms with Crippen molar-refractivity contribution in [2.75, 3.05) is 11.5 Å². The fraction of sp³-hybridized carbons (Fsp3) is 0.462. The molecule has 17 heavy (non-hydrogen) atoms. The van der Waals surface area contributed by atoms with Gasteiger partial charge < -0.3 is 9.84 Å². The average Bonchev–Trinajstić information content (AvgIpc) is 2.25. The van der Waals surface area contributed by atoms with Gasteiger partial charge in [0.2, 0.25) is 0 Å². The molecule has 0 amide bonds. The first kappa shape index (κ1) is 12.3. The van der Waals surface area contributed by atoms with Crippen molar-refractivity contribution >= 4 is 17.7 Å². The Labute approximate surface area is 105 Å². The van der Waals surface area contributed by atoms with E-state index in [4.69, 9.17) is 9.84 Å². The molecule has 1 N–H and O–H groups in total. The van der Waals surface area contributed by atoms with Gasteiger partial charge in [-0.3, -0.25) is 4.79 Å². The molecule has 0 bridgehead atoms. The Morgan fingerprint density at radius 1 is 1.41 bits per heavy atom. The number of hydrogen-bond donors (Lipinski definition) is 1. The van der Waals surface area contributed by atoms with Crippen LogP contribution in [-0.2, 0) is 11.2 Å². The minimum atomic E-state index is -0.737. The van der Waals surface area contributed by atoms with Crippen LogP contribution < -0.4 is 4.74 Å². The lowest BCUT2D eigenvalue weighted by Crippen LogP contribution is -2.31. The number of carboxylic acids is 1. The van der Waals surface area contributed by atoms with Gasteiger partial charge in [-0.25, -0.2) is 0 Å². The van der Waals surface area contributed by atoms with Crippen LogP contribution in [0.5, 0.6) is 5.75 Å². The summed E-state index contributed by atoms with van der Waals surface area (Å²) in [6, 6.07) is 7.92. The number of para-hydroxylation sites is 1. The summed E-state index contributed by atoms with van der Waals surface area (Å²) < 4.78 is 5.87. The molecule has 0 radical (unpaired) electrons. The van der Waals surface area contributed by atoms with E-state index < -0.39 is 5.97 Å². The van der Waals surface area contributed by atoms with Crippen molar-refractivity contribution in [3.63, 3.8) is 0 Å². The molecule has 1 aromatic carbocycles. The maximum absolute atomic E-state index is 10.5. The summed E-state index contributed by atoms with van der Waals surface area (Å²) in [4.78, 5) is 10.5. The summed E-state index contributed by atoms with van der Waals surface area (Å²) in [5.74, 6) is 2.30. The Hall–Kier alpha value is -1.16. The van der Waals surface area contributed by atoms with Gasteiger partial charge in [0.25, 0.3) is 0 Å². The van der Waals surface area contributed by atoms with Gasteiger partial charge in [-0.15, -0.1) is 0 Å². The van der Waals surface area contributed by atoms with Crippen LogP contribution in [0.15, 0.2) is 24.3 Å². The van der Waals surface area contributed by atoms with E-state index in [0.29, 0.717) is 12.5 Å². The quantitative estimate of drug-likeness (QED) is 0.845.